The molecule has 0 amide bonds. The molecule has 1 aliphatic rings. The van der Waals surface area contributed by atoms with Crippen molar-refractivity contribution < 1.29 is 4.74 Å². The maximum Gasteiger partial charge on any atom is 0.0713 e. The first-order valence-corrected chi connectivity index (χ1v) is 7.80. The molecule has 3 nitrogen and oxygen atoms in total. The maximum absolute atomic E-state index is 6.08. The van der Waals surface area contributed by atoms with Crippen LogP contribution < -0.4 is 5.73 Å². The van der Waals surface area contributed by atoms with Crippen molar-refractivity contribution in [2.75, 3.05) is 20.2 Å². The van der Waals surface area contributed by atoms with E-state index >= 15 is 0 Å². The Hall–Kier alpha value is -0.900. The Balaban J connectivity index is 2.13. The highest BCUT2D eigenvalue weighted by Crippen LogP contribution is 2.27. The number of ether oxygens (including phenoxy) is 1. The first kappa shape index (κ1) is 15.5. The highest BCUT2D eigenvalue weighted by atomic mass is 16.5. The van der Waals surface area contributed by atoms with E-state index in [9.17, 15) is 0 Å². The number of likely N-dealkylation sites (tertiary alicyclic amines) is 1. The van der Waals surface area contributed by atoms with Crippen molar-refractivity contribution in [3.05, 3.63) is 35.4 Å². The molecule has 2 rings (SSSR count). The van der Waals surface area contributed by atoms with Gasteiger partial charge in [0.25, 0.3) is 0 Å². The van der Waals surface area contributed by atoms with Crippen molar-refractivity contribution in [2.45, 2.75) is 51.3 Å². The van der Waals surface area contributed by atoms with Gasteiger partial charge in [0.2, 0.25) is 0 Å². The minimum atomic E-state index is 0.347. The Labute approximate surface area is 123 Å². The summed E-state index contributed by atoms with van der Waals surface area (Å²) in [7, 11) is 1.73. The number of benzene rings is 1. The molecule has 2 atom stereocenters. The van der Waals surface area contributed by atoms with E-state index in [0.717, 1.165) is 0 Å². The summed E-state index contributed by atoms with van der Waals surface area (Å²) in [6.45, 7) is 4.87. The van der Waals surface area contributed by atoms with Gasteiger partial charge in [-0.3, -0.25) is 4.90 Å². The van der Waals surface area contributed by atoms with Gasteiger partial charge in [0.05, 0.1) is 6.61 Å². The quantitative estimate of drug-likeness (QED) is 0.898. The molecule has 0 aromatic heterocycles. The third-order valence-corrected chi connectivity index (χ3v) is 4.40. The number of methoxy groups -OCH3 is 1. The third-order valence-electron chi connectivity index (χ3n) is 4.40. The van der Waals surface area contributed by atoms with Crippen LogP contribution in [-0.2, 0) is 11.3 Å². The molecular formula is C17H28N2O. The Bertz CT molecular complexity index is 390. The fourth-order valence-corrected chi connectivity index (χ4v) is 3.23. The van der Waals surface area contributed by atoms with Crippen molar-refractivity contribution >= 4 is 0 Å². The van der Waals surface area contributed by atoms with Crippen LogP contribution in [0.3, 0.4) is 0 Å². The Morgan fingerprint density at radius 2 is 2.00 bits per heavy atom. The fourth-order valence-electron chi connectivity index (χ4n) is 3.23. The summed E-state index contributed by atoms with van der Waals surface area (Å²) in [4.78, 5) is 2.60. The van der Waals surface area contributed by atoms with Crippen molar-refractivity contribution in [1.82, 2.24) is 4.90 Å². The van der Waals surface area contributed by atoms with Crippen LogP contribution in [0.1, 0.15) is 49.8 Å². The summed E-state index contributed by atoms with van der Waals surface area (Å²) in [6, 6.07) is 9.71. The Morgan fingerprint density at radius 3 is 2.65 bits per heavy atom. The van der Waals surface area contributed by atoms with Crippen LogP contribution >= 0.6 is 0 Å². The van der Waals surface area contributed by atoms with Gasteiger partial charge in [-0.1, -0.05) is 37.1 Å². The number of hydrogen-bond donors (Lipinski definition) is 1. The molecule has 112 valence electrons. The van der Waals surface area contributed by atoms with E-state index in [1.165, 1.54) is 43.4 Å². The van der Waals surface area contributed by atoms with Gasteiger partial charge in [0.1, 0.15) is 0 Å². The van der Waals surface area contributed by atoms with Gasteiger partial charge in [-0.15, -0.1) is 0 Å². The molecule has 0 bridgehead atoms. The fraction of sp³-hybridized carbons (Fsp3) is 0.647. The van der Waals surface area contributed by atoms with Gasteiger partial charge in [0.15, 0.2) is 0 Å². The first-order chi connectivity index (χ1) is 9.76. The first-order valence-electron chi connectivity index (χ1n) is 7.80. The minimum Gasteiger partial charge on any atom is -0.380 e. The topological polar surface area (TPSA) is 38.5 Å². The van der Waals surface area contributed by atoms with Crippen LogP contribution in [0, 0.1) is 0 Å². The summed E-state index contributed by atoms with van der Waals surface area (Å²) in [5.41, 5.74) is 8.63. The van der Waals surface area contributed by atoms with Gasteiger partial charge in [-0.05, 0) is 37.4 Å². The molecule has 20 heavy (non-hydrogen) atoms. The second-order valence-electron chi connectivity index (χ2n) is 5.86. The molecule has 0 radical (unpaired) electrons. The molecule has 1 aromatic carbocycles. The maximum atomic E-state index is 6.08. The molecule has 0 aliphatic carbocycles. The van der Waals surface area contributed by atoms with E-state index in [0.29, 0.717) is 25.2 Å². The van der Waals surface area contributed by atoms with E-state index in [1.54, 1.807) is 7.11 Å². The molecular weight excluding hydrogens is 248 g/mol. The monoisotopic (exact) mass is 276 g/mol. The second kappa shape index (κ2) is 7.77. The van der Waals surface area contributed by atoms with Crippen LogP contribution in [0.15, 0.2) is 24.3 Å². The lowest BCUT2D eigenvalue weighted by atomic mass is 10.0. The Morgan fingerprint density at radius 1 is 1.25 bits per heavy atom. The highest BCUT2D eigenvalue weighted by Gasteiger charge is 2.25. The van der Waals surface area contributed by atoms with Crippen LogP contribution in [0.4, 0.5) is 0 Å². The van der Waals surface area contributed by atoms with Gasteiger partial charge in [-0.2, -0.15) is 0 Å². The lowest BCUT2D eigenvalue weighted by Gasteiger charge is -2.35. The minimum absolute atomic E-state index is 0.347. The zero-order valence-corrected chi connectivity index (χ0v) is 12.8. The Kier molecular flexibility index (Phi) is 6.02. The number of hydrogen-bond acceptors (Lipinski definition) is 3. The number of rotatable bonds is 5. The summed E-state index contributed by atoms with van der Waals surface area (Å²) < 4.78 is 5.17. The molecule has 1 fully saturated rings. The highest BCUT2D eigenvalue weighted by molar-refractivity contribution is 5.25. The predicted molar refractivity (Wildman–Crippen MR) is 83.6 cm³/mol. The van der Waals surface area contributed by atoms with E-state index in [1.807, 2.05) is 0 Å². The van der Waals surface area contributed by atoms with Gasteiger partial charge >= 0.3 is 0 Å². The van der Waals surface area contributed by atoms with E-state index < -0.39 is 0 Å². The molecule has 3 heteroatoms. The molecule has 1 heterocycles. The van der Waals surface area contributed by atoms with Crippen LogP contribution in [0.5, 0.6) is 0 Å². The normalized spacial score (nSPS) is 22.4. The van der Waals surface area contributed by atoms with Crippen molar-refractivity contribution in [2.24, 2.45) is 5.73 Å². The molecule has 2 N–H and O–H groups in total. The lowest BCUT2D eigenvalue weighted by molar-refractivity contribution is 0.150. The summed E-state index contributed by atoms with van der Waals surface area (Å²) in [5, 5.41) is 0. The molecule has 0 spiro atoms. The van der Waals surface area contributed by atoms with Crippen molar-refractivity contribution in [3.8, 4) is 0 Å². The summed E-state index contributed by atoms with van der Waals surface area (Å²) >= 11 is 0. The molecule has 1 aliphatic heterocycles. The van der Waals surface area contributed by atoms with Crippen molar-refractivity contribution in [3.63, 3.8) is 0 Å². The van der Waals surface area contributed by atoms with Gasteiger partial charge in [-0.25, -0.2) is 0 Å². The zero-order valence-electron chi connectivity index (χ0n) is 12.8. The van der Waals surface area contributed by atoms with Crippen LogP contribution in [-0.4, -0.2) is 31.1 Å². The number of nitrogens with two attached hydrogens (primary N) is 1. The van der Waals surface area contributed by atoms with E-state index in [2.05, 4.69) is 36.1 Å². The van der Waals surface area contributed by atoms with E-state index in [4.69, 9.17) is 10.5 Å². The third kappa shape index (κ3) is 3.81. The lowest BCUT2D eigenvalue weighted by Crippen LogP contribution is -2.39. The number of nitrogens with zero attached hydrogens (tertiary/aromatic N) is 1. The van der Waals surface area contributed by atoms with Gasteiger partial charge in [0, 0.05) is 25.7 Å². The summed E-state index contributed by atoms with van der Waals surface area (Å²) in [5.74, 6) is 0. The smallest absolute Gasteiger partial charge is 0.0713 e. The van der Waals surface area contributed by atoms with Crippen LogP contribution in [0.25, 0.3) is 0 Å². The second-order valence-corrected chi connectivity index (χ2v) is 5.86. The van der Waals surface area contributed by atoms with Crippen molar-refractivity contribution in [1.29, 1.82) is 0 Å². The largest absolute Gasteiger partial charge is 0.380 e. The predicted octanol–water partition coefficient (Wildman–Crippen LogP) is 3.10. The van der Waals surface area contributed by atoms with Gasteiger partial charge < -0.3 is 10.5 Å². The SMILES string of the molecule is COCc1ccc(C(CN)N2CCCCCC2C)cc1. The molecule has 0 saturated carbocycles. The zero-order chi connectivity index (χ0) is 14.4. The van der Waals surface area contributed by atoms with E-state index in [-0.39, 0.29) is 0 Å². The average Bonchev–Trinajstić information content (AvgIpc) is 2.67. The average molecular weight is 276 g/mol. The molecule has 2 unspecified atom stereocenters. The van der Waals surface area contributed by atoms with Crippen LogP contribution in [0.2, 0.25) is 0 Å². The molecule has 1 saturated heterocycles. The standard InChI is InChI=1S/C17H28N2O/c1-14-6-4-3-5-11-19(14)17(12-18)16-9-7-15(8-10-16)13-20-2/h7-10,14,17H,3-6,11-13,18H2,1-2H3. The molecule has 1 aromatic rings. The summed E-state index contributed by atoms with van der Waals surface area (Å²) in [6.07, 6.45) is 5.29.